The molecule has 0 aromatic carbocycles. The summed E-state index contributed by atoms with van der Waals surface area (Å²) < 4.78 is 0. The van der Waals surface area contributed by atoms with E-state index in [0.717, 1.165) is 0 Å². The van der Waals surface area contributed by atoms with E-state index in [1.165, 1.54) is 16.2 Å². The van der Waals surface area contributed by atoms with Crippen molar-refractivity contribution in [2.45, 2.75) is 19.4 Å². The van der Waals surface area contributed by atoms with Crippen molar-refractivity contribution in [1.29, 1.82) is 0 Å². The van der Waals surface area contributed by atoms with Crippen molar-refractivity contribution in [3.63, 3.8) is 0 Å². The summed E-state index contributed by atoms with van der Waals surface area (Å²) in [5.41, 5.74) is 0. The van der Waals surface area contributed by atoms with Crippen LogP contribution >= 0.6 is 11.3 Å². The molecule has 0 saturated heterocycles. The van der Waals surface area contributed by atoms with E-state index in [4.69, 9.17) is 5.11 Å². The summed E-state index contributed by atoms with van der Waals surface area (Å²) in [7, 11) is 1.58. The van der Waals surface area contributed by atoms with Crippen LogP contribution < -0.4 is 5.32 Å². The van der Waals surface area contributed by atoms with Gasteiger partial charge in [-0.1, -0.05) is 13.0 Å². The number of carbonyl (C=O) groups excluding carboxylic acids is 2. The van der Waals surface area contributed by atoms with Crippen molar-refractivity contribution in [3.05, 3.63) is 22.4 Å². The number of rotatable bonds is 6. The molecule has 1 aromatic heterocycles. The molecule has 0 saturated carbocycles. The molecule has 6 heteroatoms. The van der Waals surface area contributed by atoms with Crippen LogP contribution in [0.5, 0.6) is 0 Å². The predicted molar refractivity (Wildman–Crippen MR) is 70.6 cm³/mol. The number of aliphatic hydroxyl groups excluding tert-OH is 1. The van der Waals surface area contributed by atoms with Crippen LogP contribution in [0.1, 0.15) is 23.0 Å². The highest BCUT2D eigenvalue weighted by Crippen LogP contribution is 2.10. The average molecular weight is 270 g/mol. The lowest BCUT2D eigenvalue weighted by molar-refractivity contribution is -0.122. The normalized spacial score (nSPS) is 11.9. The zero-order chi connectivity index (χ0) is 13.5. The Bertz CT molecular complexity index is 388. The molecule has 0 radical (unpaired) electrons. The van der Waals surface area contributed by atoms with Gasteiger partial charge >= 0.3 is 0 Å². The summed E-state index contributed by atoms with van der Waals surface area (Å²) in [4.78, 5) is 25.5. The van der Waals surface area contributed by atoms with Crippen molar-refractivity contribution < 1.29 is 14.7 Å². The van der Waals surface area contributed by atoms with E-state index in [0.29, 0.717) is 11.3 Å². The van der Waals surface area contributed by atoms with Gasteiger partial charge in [0.05, 0.1) is 24.1 Å². The molecule has 1 atom stereocenters. The molecule has 1 unspecified atom stereocenters. The van der Waals surface area contributed by atoms with Gasteiger partial charge in [0.15, 0.2) is 0 Å². The van der Waals surface area contributed by atoms with Gasteiger partial charge < -0.3 is 15.3 Å². The molecular weight excluding hydrogens is 252 g/mol. The minimum Gasteiger partial charge on any atom is -0.394 e. The molecule has 0 aliphatic rings. The van der Waals surface area contributed by atoms with Crippen molar-refractivity contribution in [2.24, 2.45) is 0 Å². The number of hydrogen-bond donors (Lipinski definition) is 2. The van der Waals surface area contributed by atoms with Crippen LogP contribution in [0.2, 0.25) is 0 Å². The summed E-state index contributed by atoms with van der Waals surface area (Å²) in [6.45, 7) is 1.78. The summed E-state index contributed by atoms with van der Waals surface area (Å²) in [6.07, 6.45) is 0.658. The number of aliphatic hydroxyl groups is 1. The SMILES string of the molecule is CCC(CO)NC(=O)CN(C)C(=O)c1cccs1. The van der Waals surface area contributed by atoms with Gasteiger partial charge in [0.25, 0.3) is 5.91 Å². The number of nitrogens with zero attached hydrogens (tertiary/aromatic N) is 1. The van der Waals surface area contributed by atoms with Crippen LogP contribution in [0.15, 0.2) is 17.5 Å². The highest BCUT2D eigenvalue weighted by molar-refractivity contribution is 7.12. The maximum Gasteiger partial charge on any atom is 0.264 e. The van der Waals surface area contributed by atoms with Gasteiger partial charge in [0, 0.05) is 7.05 Å². The summed E-state index contributed by atoms with van der Waals surface area (Å²) >= 11 is 1.35. The Kier molecular flexibility index (Phi) is 5.80. The van der Waals surface area contributed by atoms with Gasteiger partial charge in [-0.05, 0) is 17.9 Å². The maximum atomic E-state index is 11.9. The van der Waals surface area contributed by atoms with Crippen LogP contribution in [-0.4, -0.2) is 48.1 Å². The molecule has 1 heterocycles. The minimum absolute atomic E-state index is 0.00671. The Morgan fingerprint density at radius 1 is 1.56 bits per heavy atom. The van der Waals surface area contributed by atoms with E-state index in [1.54, 1.807) is 19.2 Å². The first-order valence-electron chi connectivity index (χ1n) is 5.77. The van der Waals surface area contributed by atoms with E-state index < -0.39 is 0 Å². The highest BCUT2D eigenvalue weighted by atomic mass is 32.1. The molecule has 100 valence electrons. The van der Waals surface area contributed by atoms with Gasteiger partial charge in [-0.3, -0.25) is 9.59 Å². The predicted octanol–water partition coefficient (Wildman–Crippen LogP) is 0.707. The monoisotopic (exact) mass is 270 g/mol. The molecule has 0 aliphatic carbocycles. The topological polar surface area (TPSA) is 69.6 Å². The Morgan fingerprint density at radius 3 is 2.78 bits per heavy atom. The molecule has 0 bridgehead atoms. The molecule has 18 heavy (non-hydrogen) atoms. The van der Waals surface area contributed by atoms with Crippen molar-refractivity contribution >= 4 is 23.2 Å². The second-order valence-electron chi connectivity index (χ2n) is 3.99. The fraction of sp³-hybridized carbons (Fsp3) is 0.500. The summed E-state index contributed by atoms with van der Waals surface area (Å²) in [5, 5.41) is 13.5. The first-order valence-corrected chi connectivity index (χ1v) is 6.65. The second kappa shape index (κ2) is 7.13. The molecule has 0 spiro atoms. The molecule has 0 aliphatic heterocycles. The van der Waals surface area contributed by atoms with Crippen LogP contribution in [0.25, 0.3) is 0 Å². The lowest BCUT2D eigenvalue weighted by Crippen LogP contribution is -2.43. The van der Waals surface area contributed by atoms with Gasteiger partial charge in [-0.15, -0.1) is 11.3 Å². The van der Waals surface area contributed by atoms with Crippen molar-refractivity contribution in [1.82, 2.24) is 10.2 Å². The number of carbonyl (C=O) groups is 2. The smallest absolute Gasteiger partial charge is 0.264 e. The molecule has 1 aromatic rings. The fourth-order valence-electron chi connectivity index (χ4n) is 1.43. The summed E-state index contributed by atoms with van der Waals surface area (Å²) in [5.74, 6) is -0.430. The Balaban J connectivity index is 2.47. The molecule has 1 rings (SSSR count). The van der Waals surface area contributed by atoms with E-state index in [9.17, 15) is 9.59 Å². The zero-order valence-electron chi connectivity index (χ0n) is 10.5. The van der Waals surface area contributed by atoms with Crippen molar-refractivity contribution in [2.75, 3.05) is 20.2 Å². The molecule has 2 N–H and O–H groups in total. The first kappa shape index (κ1) is 14.7. The number of hydrogen-bond acceptors (Lipinski definition) is 4. The van der Waals surface area contributed by atoms with Gasteiger partial charge in [-0.2, -0.15) is 0 Å². The number of amides is 2. The van der Waals surface area contributed by atoms with Crippen molar-refractivity contribution in [3.8, 4) is 0 Å². The molecule has 5 nitrogen and oxygen atoms in total. The van der Waals surface area contributed by atoms with Gasteiger partial charge in [0.1, 0.15) is 0 Å². The lowest BCUT2D eigenvalue weighted by atomic mass is 10.2. The second-order valence-corrected chi connectivity index (χ2v) is 4.94. The quantitative estimate of drug-likeness (QED) is 0.799. The number of nitrogens with one attached hydrogen (secondary N) is 1. The highest BCUT2D eigenvalue weighted by Gasteiger charge is 2.17. The third-order valence-corrected chi connectivity index (χ3v) is 3.40. The third kappa shape index (κ3) is 4.12. The van der Waals surface area contributed by atoms with Crippen LogP contribution in [0, 0.1) is 0 Å². The lowest BCUT2D eigenvalue weighted by Gasteiger charge is -2.19. The number of likely N-dealkylation sites (N-methyl/N-ethyl adjacent to an activating group) is 1. The van der Waals surface area contributed by atoms with Crippen LogP contribution in [-0.2, 0) is 4.79 Å². The van der Waals surface area contributed by atoms with Crippen LogP contribution in [0.3, 0.4) is 0 Å². The van der Waals surface area contributed by atoms with Gasteiger partial charge in [-0.25, -0.2) is 0 Å². The summed E-state index contributed by atoms with van der Waals surface area (Å²) in [6, 6.07) is 3.28. The molecular formula is C12H18N2O3S. The van der Waals surface area contributed by atoms with E-state index >= 15 is 0 Å². The largest absolute Gasteiger partial charge is 0.394 e. The van der Waals surface area contributed by atoms with Gasteiger partial charge in [0.2, 0.25) is 5.91 Å². The Morgan fingerprint density at radius 2 is 2.28 bits per heavy atom. The Labute approximate surface area is 110 Å². The molecule has 2 amide bonds. The third-order valence-electron chi connectivity index (χ3n) is 2.54. The van der Waals surface area contributed by atoms with E-state index in [1.807, 2.05) is 12.3 Å². The van der Waals surface area contributed by atoms with E-state index in [-0.39, 0.29) is 31.0 Å². The molecule has 0 fully saturated rings. The zero-order valence-corrected chi connectivity index (χ0v) is 11.4. The standard InChI is InChI=1S/C12H18N2O3S/c1-3-9(8-15)13-11(16)7-14(2)12(17)10-5-4-6-18-10/h4-6,9,15H,3,7-8H2,1-2H3,(H,13,16). The maximum absolute atomic E-state index is 11.9. The van der Waals surface area contributed by atoms with Crippen LogP contribution in [0.4, 0.5) is 0 Å². The number of thiophene rings is 1. The first-order chi connectivity index (χ1) is 8.58. The fourth-order valence-corrected chi connectivity index (χ4v) is 2.14. The minimum atomic E-state index is -0.261. The van der Waals surface area contributed by atoms with E-state index in [2.05, 4.69) is 5.32 Å². The Hall–Kier alpha value is -1.40. The average Bonchev–Trinajstić information content (AvgIpc) is 2.88.